The first kappa shape index (κ1) is 15.4. The number of benzene rings is 1. The van der Waals surface area contributed by atoms with Gasteiger partial charge in [0.15, 0.2) is 0 Å². The third-order valence-electron chi connectivity index (χ3n) is 2.69. The fourth-order valence-electron chi connectivity index (χ4n) is 1.79. The van der Waals surface area contributed by atoms with Crippen LogP contribution in [0.25, 0.3) is 6.08 Å². The molecule has 2 rings (SSSR count). The van der Waals surface area contributed by atoms with Gasteiger partial charge in [0, 0.05) is 6.54 Å². The molecule has 1 aromatic rings. The van der Waals surface area contributed by atoms with E-state index < -0.39 is 0 Å². The number of imide groups is 1. The first-order chi connectivity index (χ1) is 9.38. The van der Waals surface area contributed by atoms with Crippen LogP contribution in [0.1, 0.15) is 19.4 Å². The van der Waals surface area contributed by atoms with Crippen molar-refractivity contribution in [1.29, 1.82) is 0 Å². The molecule has 1 N–H and O–H groups in total. The Balaban J connectivity index is 2.25. The predicted octanol–water partition coefficient (Wildman–Crippen LogP) is 3.69. The van der Waals surface area contributed by atoms with Crippen molar-refractivity contribution in [2.45, 2.75) is 13.8 Å². The highest BCUT2D eigenvalue weighted by atomic mass is 127. The standard InChI is InChI=1S/C14H14INO3S/c1-8(2)7-16-13(18)12(20-14(16)19)6-9-3-4-11(17)10(15)5-9/h3-6,8,17H,7H2,1-2H3/b12-6-. The number of hydrogen-bond donors (Lipinski definition) is 1. The number of thioether (sulfide) groups is 1. The number of nitrogens with zero attached hydrogens (tertiary/aromatic N) is 1. The minimum atomic E-state index is -0.239. The monoisotopic (exact) mass is 403 g/mol. The summed E-state index contributed by atoms with van der Waals surface area (Å²) in [7, 11) is 0. The lowest BCUT2D eigenvalue weighted by Gasteiger charge is -2.14. The number of rotatable bonds is 3. The second kappa shape index (κ2) is 6.17. The molecular formula is C14H14INO3S. The predicted molar refractivity (Wildman–Crippen MR) is 88.3 cm³/mol. The highest BCUT2D eigenvalue weighted by molar-refractivity contribution is 14.1. The van der Waals surface area contributed by atoms with Gasteiger partial charge in [0.1, 0.15) is 5.75 Å². The Kier molecular flexibility index (Phi) is 4.74. The smallest absolute Gasteiger partial charge is 0.293 e. The second-order valence-corrected chi connectivity index (χ2v) is 7.05. The molecule has 106 valence electrons. The van der Waals surface area contributed by atoms with Crippen LogP contribution in [0.2, 0.25) is 0 Å². The third-order valence-corrected chi connectivity index (χ3v) is 4.46. The molecule has 4 nitrogen and oxygen atoms in total. The van der Waals surface area contributed by atoms with E-state index in [1.807, 2.05) is 36.4 Å². The summed E-state index contributed by atoms with van der Waals surface area (Å²) in [6.45, 7) is 4.37. The molecule has 0 bridgehead atoms. The van der Waals surface area contributed by atoms with Gasteiger partial charge in [-0.15, -0.1) is 0 Å². The van der Waals surface area contributed by atoms with E-state index in [9.17, 15) is 14.7 Å². The fraction of sp³-hybridized carbons (Fsp3) is 0.286. The van der Waals surface area contributed by atoms with Gasteiger partial charge in [-0.1, -0.05) is 19.9 Å². The lowest BCUT2D eigenvalue weighted by Crippen LogP contribution is -2.31. The van der Waals surface area contributed by atoms with Crippen molar-refractivity contribution in [2.24, 2.45) is 5.92 Å². The van der Waals surface area contributed by atoms with Crippen molar-refractivity contribution in [1.82, 2.24) is 4.90 Å². The van der Waals surface area contributed by atoms with Crippen LogP contribution in [0.3, 0.4) is 0 Å². The van der Waals surface area contributed by atoms with Crippen LogP contribution in [0.15, 0.2) is 23.1 Å². The molecule has 0 saturated carbocycles. The van der Waals surface area contributed by atoms with E-state index in [1.54, 1.807) is 24.3 Å². The Hall–Kier alpha value is -1.02. The van der Waals surface area contributed by atoms with Crippen LogP contribution in [0, 0.1) is 9.49 Å². The molecule has 2 amide bonds. The first-order valence-corrected chi connectivity index (χ1v) is 8.02. The van der Waals surface area contributed by atoms with Gasteiger partial charge >= 0.3 is 0 Å². The van der Waals surface area contributed by atoms with E-state index in [0.29, 0.717) is 15.0 Å². The second-order valence-electron chi connectivity index (χ2n) is 4.90. The van der Waals surface area contributed by atoms with Crippen LogP contribution in [0.5, 0.6) is 5.75 Å². The number of phenolic OH excluding ortho intramolecular Hbond substituents is 1. The number of amides is 2. The van der Waals surface area contributed by atoms with Crippen molar-refractivity contribution in [3.05, 3.63) is 32.2 Å². The van der Waals surface area contributed by atoms with Crippen LogP contribution in [-0.4, -0.2) is 27.7 Å². The van der Waals surface area contributed by atoms with Crippen LogP contribution in [-0.2, 0) is 4.79 Å². The molecule has 1 fully saturated rings. The number of halogens is 1. The van der Waals surface area contributed by atoms with E-state index in [2.05, 4.69) is 0 Å². The molecule has 0 spiro atoms. The molecular weight excluding hydrogens is 389 g/mol. The van der Waals surface area contributed by atoms with Gasteiger partial charge < -0.3 is 5.11 Å². The SMILES string of the molecule is CC(C)CN1C(=O)S/C(=C\c2ccc(O)c(I)c2)C1=O. The summed E-state index contributed by atoms with van der Waals surface area (Å²) < 4.78 is 0.706. The topological polar surface area (TPSA) is 57.6 Å². The zero-order chi connectivity index (χ0) is 14.9. The van der Waals surface area contributed by atoms with Gasteiger partial charge in [0.2, 0.25) is 0 Å². The molecule has 1 aromatic carbocycles. The molecule has 1 saturated heterocycles. The van der Waals surface area contributed by atoms with Crippen LogP contribution in [0.4, 0.5) is 4.79 Å². The lowest BCUT2D eigenvalue weighted by atomic mass is 10.2. The van der Waals surface area contributed by atoms with Crippen LogP contribution < -0.4 is 0 Å². The zero-order valence-electron chi connectivity index (χ0n) is 11.1. The molecule has 0 unspecified atom stereocenters. The Bertz CT molecular complexity index is 598. The Labute approximate surface area is 135 Å². The average Bonchev–Trinajstić information content (AvgIpc) is 2.61. The molecule has 0 radical (unpaired) electrons. The summed E-state index contributed by atoms with van der Waals surface area (Å²) >= 11 is 2.98. The molecule has 1 aliphatic rings. The molecule has 0 aliphatic carbocycles. The summed E-state index contributed by atoms with van der Waals surface area (Å²) in [6.07, 6.45) is 1.69. The number of carbonyl (C=O) groups is 2. The molecule has 1 heterocycles. The largest absolute Gasteiger partial charge is 0.507 e. The normalized spacial score (nSPS) is 17.6. The highest BCUT2D eigenvalue weighted by Gasteiger charge is 2.35. The fourth-order valence-corrected chi connectivity index (χ4v) is 3.17. The highest BCUT2D eigenvalue weighted by Crippen LogP contribution is 2.33. The number of aromatic hydroxyl groups is 1. The first-order valence-electron chi connectivity index (χ1n) is 6.12. The minimum absolute atomic E-state index is 0.204. The Morgan fingerprint density at radius 3 is 2.70 bits per heavy atom. The van der Waals surface area contributed by atoms with Crippen molar-refractivity contribution in [3.8, 4) is 5.75 Å². The van der Waals surface area contributed by atoms with Crippen LogP contribution >= 0.6 is 34.4 Å². The zero-order valence-corrected chi connectivity index (χ0v) is 14.1. The van der Waals surface area contributed by atoms with Gasteiger partial charge in [0.05, 0.1) is 8.48 Å². The van der Waals surface area contributed by atoms with Crippen molar-refractivity contribution >= 4 is 51.6 Å². The maximum absolute atomic E-state index is 12.2. The summed E-state index contributed by atoms with van der Waals surface area (Å²) in [6, 6.07) is 5.06. The van der Waals surface area contributed by atoms with E-state index in [0.717, 1.165) is 17.3 Å². The molecule has 6 heteroatoms. The van der Waals surface area contributed by atoms with Gasteiger partial charge in [-0.3, -0.25) is 14.5 Å². The third kappa shape index (κ3) is 3.35. The summed E-state index contributed by atoms with van der Waals surface area (Å²) in [4.78, 5) is 25.7. The van der Waals surface area contributed by atoms with Crippen molar-refractivity contribution < 1.29 is 14.7 Å². The Morgan fingerprint density at radius 2 is 2.10 bits per heavy atom. The van der Waals surface area contributed by atoms with E-state index in [1.165, 1.54) is 4.90 Å². The quantitative estimate of drug-likeness (QED) is 0.618. The molecule has 0 atom stereocenters. The molecule has 20 heavy (non-hydrogen) atoms. The number of phenols is 1. The number of carbonyl (C=O) groups excluding carboxylic acids is 2. The minimum Gasteiger partial charge on any atom is -0.507 e. The van der Waals surface area contributed by atoms with E-state index >= 15 is 0 Å². The van der Waals surface area contributed by atoms with E-state index in [4.69, 9.17) is 0 Å². The van der Waals surface area contributed by atoms with Crippen molar-refractivity contribution in [3.63, 3.8) is 0 Å². The lowest BCUT2D eigenvalue weighted by molar-refractivity contribution is -0.123. The average molecular weight is 403 g/mol. The summed E-state index contributed by atoms with van der Waals surface area (Å²) in [5.41, 5.74) is 0.794. The molecule has 1 aliphatic heterocycles. The van der Waals surface area contributed by atoms with Gasteiger partial charge in [-0.2, -0.15) is 0 Å². The van der Waals surface area contributed by atoms with Gasteiger partial charge in [0.25, 0.3) is 11.1 Å². The van der Waals surface area contributed by atoms with Gasteiger partial charge in [-0.05, 0) is 64.0 Å². The maximum atomic E-state index is 12.2. The molecule has 0 aromatic heterocycles. The summed E-state index contributed by atoms with van der Waals surface area (Å²) in [5.74, 6) is 0.213. The van der Waals surface area contributed by atoms with E-state index in [-0.39, 0.29) is 22.8 Å². The maximum Gasteiger partial charge on any atom is 0.293 e. The Morgan fingerprint density at radius 1 is 1.40 bits per heavy atom. The van der Waals surface area contributed by atoms with Crippen molar-refractivity contribution in [2.75, 3.05) is 6.54 Å². The summed E-state index contributed by atoms with van der Waals surface area (Å²) in [5, 5.41) is 9.26. The van der Waals surface area contributed by atoms with Gasteiger partial charge in [-0.25, -0.2) is 0 Å². The number of hydrogen-bond acceptors (Lipinski definition) is 4.